The van der Waals surface area contributed by atoms with Gasteiger partial charge in [0.2, 0.25) is 5.91 Å². The molecule has 3 N–H and O–H groups in total. The van der Waals surface area contributed by atoms with Crippen molar-refractivity contribution in [1.82, 2.24) is 20.3 Å². The van der Waals surface area contributed by atoms with Crippen molar-refractivity contribution in [3.63, 3.8) is 0 Å². The van der Waals surface area contributed by atoms with Crippen LogP contribution in [-0.2, 0) is 23.8 Å². The zero-order valence-corrected chi connectivity index (χ0v) is 17.5. The highest BCUT2D eigenvalue weighted by Crippen LogP contribution is 2.30. The van der Waals surface area contributed by atoms with Crippen molar-refractivity contribution < 1.29 is 31.5 Å². The molecule has 0 atom stereocenters. The van der Waals surface area contributed by atoms with Gasteiger partial charge in [0.25, 0.3) is 5.91 Å². The van der Waals surface area contributed by atoms with Crippen molar-refractivity contribution >= 4 is 11.8 Å². The molecule has 0 unspecified atom stereocenters. The first-order valence-electron chi connectivity index (χ1n) is 9.94. The van der Waals surface area contributed by atoms with E-state index in [1.165, 1.54) is 12.1 Å². The number of nitrogens with two attached hydrogens (primary N) is 1. The van der Waals surface area contributed by atoms with Gasteiger partial charge in [0, 0.05) is 42.7 Å². The molecular weight excluding hydrogens is 461 g/mol. The lowest BCUT2D eigenvalue weighted by Gasteiger charge is -2.11. The smallest absolute Gasteiger partial charge is 0.370 e. The number of hydrogen-bond acceptors (Lipinski definition) is 5. The number of hydrogen-bond donors (Lipinski definition) is 2. The van der Waals surface area contributed by atoms with E-state index in [2.05, 4.69) is 20.3 Å². The van der Waals surface area contributed by atoms with Crippen molar-refractivity contribution in [2.24, 2.45) is 5.73 Å². The normalized spacial score (nSPS) is 11.3. The van der Waals surface area contributed by atoms with Crippen molar-refractivity contribution in [2.45, 2.75) is 25.4 Å². The molecule has 2 heterocycles. The van der Waals surface area contributed by atoms with Crippen LogP contribution >= 0.6 is 0 Å². The number of aromatic nitrogens is 3. The van der Waals surface area contributed by atoms with Crippen molar-refractivity contribution in [3.8, 4) is 11.4 Å². The standard InChI is InChI=1S/C22H18F5N5O2/c23-15-3-1-12(17(24)8-15)2-4-16-9-18(21(34)30-6-5-19(28)33)32-20(31-16)13-7-14(11-29-10-13)22(25,26)27/h1,3,7-11H,2,4-6H2,(H2,28,33)(H,30,34). The van der Waals surface area contributed by atoms with Crippen LogP contribution in [0.4, 0.5) is 22.0 Å². The van der Waals surface area contributed by atoms with Crippen molar-refractivity contribution in [1.29, 1.82) is 0 Å². The molecular formula is C22H18F5N5O2. The first kappa shape index (κ1) is 24.7. The lowest BCUT2D eigenvalue weighted by atomic mass is 10.1. The summed E-state index contributed by atoms with van der Waals surface area (Å²) in [5.74, 6) is -3.05. The summed E-state index contributed by atoms with van der Waals surface area (Å²) in [6.45, 7) is -0.0747. The Morgan fingerprint density at radius 2 is 1.76 bits per heavy atom. The first-order chi connectivity index (χ1) is 16.0. The number of benzene rings is 1. The monoisotopic (exact) mass is 479 g/mol. The zero-order valence-electron chi connectivity index (χ0n) is 17.5. The number of nitrogens with zero attached hydrogens (tertiary/aromatic N) is 3. The largest absolute Gasteiger partial charge is 0.417 e. The van der Waals surface area contributed by atoms with Gasteiger partial charge < -0.3 is 11.1 Å². The third-order valence-electron chi connectivity index (χ3n) is 4.66. The minimum atomic E-state index is -4.66. The Bertz CT molecular complexity index is 1220. The number of carbonyl (C=O) groups excluding carboxylic acids is 2. The number of aryl methyl sites for hydroxylation is 2. The maximum Gasteiger partial charge on any atom is 0.417 e. The average molecular weight is 479 g/mol. The molecule has 3 aromatic rings. The number of amides is 2. The van der Waals surface area contributed by atoms with E-state index in [0.29, 0.717) is 6.20 Å². The van der Waals surface area contributed by atoms with Crippen LogP contribution in [0.1, 0.15) is 33.7 Å². The molecule has 0 spiro atoms. The van der Waals surface area contributed by atoms with Crippen LogP contribution < -0.4 is 11.1 Å². The summed E-state index contributed by atoms with van der Waals surface area (Å²) in [5, 5.41) is 2.43. The predicted octanol–water partition coefficient (Wildman–Crippen LogP) is 3.23. The molecule has 7 nitrogen and oxygen atoms in total. The fourth-order valence-electron chi connectivity index (χ4n) is 2.97. The summed E-state index contributed by atoms with van der Waals surface area (Å²) in [7, 11) is 0. The molecule has 2 amide bonds. The van der Waals surface area contributed by atoms with Crippen LogP contribution in [-0.4, -0.2) is 33.3 Å². The fourth-order valence-corrected chi connectivity index (χ4v) is 2.97. The van der Waals surface area contributed by atoms with Crippen molar-refractivity contribution in [2.75, 3.05) is 6.54 Å². The van der Waals surface area contributed by atoms with Gasteiger partial charge in [0.15, 0.2) is 5.82 Å². The van der Waals surface area contributed by atoms with Crippen LogP contribution in [0.5, 0.6) is 0 Å². The maximum absolute atomic E-state index is 14.0. The van der Waals surface area contributed by atoms with Crippen LogP contribution in [0.15, 0.2) is 42.7 Å². The maximum atomic E-state index is 14.0. The molecule has 178 valence electrons. The topological polar surface area (TPSA) is 111 Å². The number of pyridine rings is 1. The molecule has 0 aliphatic carbocycles. The van der Waals surface area contributed by atoms with Gasteiger partial charge in [-0.1, -0.05) is 6.07 Å². The lowest BCUT2D eigenvalue weighted by molar-refractivity contribution is -0.137. The molecule has 0 bridgehead atoms. The Hall–Kier alpha value is -3.96. The molecule has 0 fully saturated rings. The molecule has 0 saturated carbocycles. The minimum Gasteiger partial charge on any atom is -0.370 e. The van der Waals surface area contributed by atoms with Gasteiger partial charge in [-0.15, -0.1) is 0 Å². The van der Waals surface area contributed by atoms with E-state index in [0.717, 1.165) is 24.4 Å². The molecule has 0 radical (unpaired) electrons. The summed E-state index contributed by atoms with van der Waals surface area (Å²) < 4.78 is 66.4. The molecule has 2 aromatic heterocycles. The predicted molar refractivity (Wildman–Crippen MR) is 110 cm³/mol. The summed E-state index contributed by atoms with van der Waals surface area (Å²) in [6, 6.07) is 5.18. The molecule has 1 aromatic carbocycles. The van der Waals surface area contributed by atoms with E-state index in [9.17, 15) is 31.5 Å². The van der Waals surface area contributed by atoms with E-state index in [4.69, 9.17) is 5.73 Å². The van der Waals surface area contributed by atoms with Gasteiger partial charge in [-0.3, -0.25) is 14.6 Å². The summed E-state index contributed by atoms with van der Waals surface area (Å²) in [4.78, 5) is 35.2. The molecule has 34 heavy (non-hydrogen) atoms. The summed E-state index contributed by atoms with van der Waals surface area (Å²) in [6.07, 6.45) is -2.88. The Kier molecular flexibility index (Phi) is 7.49. The Morgan fingerprint density at radius 1 is 1.00 bits per heavy atom. The molecule has 3 rings (SSSR count). The van der Waals surface area contributed by atoms with E-state index >= 15 is 0 Å². The van der Waals surface area contributed by atoms with Crippen LogP contribution in [0.3, 0.4) is 0 Å². The highest BCUT2D eigenvalue weighted by Gasteiger charge is 2.31. The summed E-state index contributed by atoms with van der Waals surface area (Å²) in [5.41, 5.74) is 4.16. The van der Waals surface area contributed by atoms with Crippen LogP contribution in [0, 0.1) is 11.6 Å². The minimum absolute atomic E-state index is 0.0747. The fraction of sp³-hybridized carbons (Fsp3) is 0.227. The Labute approximate surface area is 190 Å². The van der Waals surface area contributed by atoms with Gasteiger partial charge >= 0.3 is 6.18 Å². The van der Waals surface area contributed by atoms with Crippen molar-refractivity contribution in [3.05, 3.63) is 76.9 Å². The lowest BCUT2D eigenvalue weighted by Crippen LogP contribution is -2.29. The van der Waals surface area contributed by atoms with Crippen LogP contribution in [0.25, 0.3) is 11.4 Å². The zero-order chi connectivity index (χ0) is 24.9. The van der Waals surface area contributed by atoms with Gasteiger partial charge in [-0.05, 0) is 36.6 Å². The third kappa shape index (κ3) is 6.53. The Morgan fingerprint density at radius 3 is 2.44 bits per heavy atom. The van der Waals surface area contributed by atoms with Gasteiger partial charge in [0.05, 0.1) is 5.56 Å². The van der Waals surface area contributed by atoms with Crippen LogP contribution in [0.2, 0.25) is 0 Å². The number of rotatable bonds is 8. The third-order valence-corrected chi connectivity index (χ3v) is 4.66. The quantitative estimate of drug-likeness (QED) is 0.482. The van der Waals surface area contributed by atoms with E-state index in [1.54, 1.807) is 0 Å². The second-order valence-electron chi connectivity index (χ2n) is 7.24. The number of halogens is 5. The first-order valence-corrected chi connectivity index (χ1v) is 9.94. The van der Waals surface area contributed by atoms with Gasteiger partial charge in [-0.25, -0.2) is 18.7 Å². The van der Waals surface area contributed by atoms with Gasteiger partial charge in [0.1, 0.15) is 17.3 Å². The highest BCUT2D eigenvalue weighted by molar-refractivity contribution is 5.93. The average Bonchev–Trinajstić information content (AvgIpc) is 2.77. The second kappa shape index (κ2) is 10.3. The van der Waals surface area contributed by atoms with Gasteiger partial charge in [-0.2, -0.15) is 13.2 Å². The summed E-state index contributed by atoms with van der Waals surface area (Å²) >= 11 is 0. The number of carbonyl (C=O) groups is 2. The Balaban J connectivity index is 1.94. The number of primary amides is 1. The highest BCUT2D eigenvalue weighted by atomic mass is 19.4. The van der Waals surface area contributed by atoms with E-state index in [1.807, 2.05) is 0 Å². The SMILES string of the molecule is NC(=O)CCNC(=O)c1cc(CCc2ccc(F)cc2F)nc(-c2cncc(C(F)(F)F)c2)n1. The number of alkyl halides is 3. The molecule has 0 saturated heterocycles. The van der Waals surface area contributed by atoms with E-state index in [-0.39, 0.29) is 54.1 Å². The molecule has 12 heteroatoms. The number of nitrogens with one attached hydrogen (secondary N) is 1. The second-order valence-corrected chi connectivity index (χ2v) is 7.24. The molecule has 0 aliphatic heterocycles. The molecule has 0 aliphatic rings. The van der Waals surface area contributed by atoms with E-state index < -0.39 is 35.2 Å².